The molecule has 2 atom stereocenters. The number of H-pyrrole nitrogens is 1. The number of hydrogen-bond donors (Lipinski definition) is 2. The summed E-state index contributed by atoms with van der Waals surface area (Å²) in [6, 6.07) is 0.155. The molecule has 8 heteroatoms. The molecule has 1 aromatic rings. The van der Waals surface area contributed by atoms with Gasteiger partial charge in [-0.2, -0.15) is 0 Å². The topological polar surface area (TPSA) is 105 Å². The Morgan fingerprint density at radius 2 is 2.11 bits per heavy atom. The van der Waals surface area contributed by atoms with Crippen molar-refractivity contribution in [3.8, 4) is 0 Å². The molecule has 3 heterocycles. The monoisotopic (exact) mass is 375 g/mol. The number of nitrogens with one attached hydrogen (secondary N) is 1. The molecule has 1 saturated heterocycles. The van der Waals surface area contributed by atoms with Crippen molar-refractivity contribution in [3.05, 3.63) is 17.7 Å². The minimum atomic E-state index is -0.438. The lowest BCUT2D eigenvalue weighted by Crippen LogP contribution is -2.59. The summed E-state index contributed by atoms with van der Waals surface area (Å²) in [4.78, 5) is 37.3. The average molecular weight is 375 g/mol. The van der Waals surface area contributed by atoms with Crippen LogP contribution in [0.3, 0.4) is 0 Å². The summed E-state index contributed by atoms with van der Waals surface area (Å²) >= 11 is 0. The number of fused-ring (bicyclic) bond motifs is 2. The van der Waals surface area contributed by atoms with E-state index in [0.717, 1.165) is 37.1 Å². The van der Waals surface area contributed by atoms with Gasteiger partial charge in [-0.3, -0.25) is 9.59 Å². The first-order valence-corrected chi connectivity index (χ1v) is 9.91. The Bertz CT molecular complexity index is 710. The highest BCUT2D eigenvalue weighted by Crippen LogP contribution is 2.42. The third kappa shape index (κ3) is 3.14. The first-order valence-electron chi connectivity index (χ1n) is 9.91. The van der Waals surface area contributed by atoms with E-state index >= 15 is 0 Å². The summed E-state index contributed by atoms with van der Waals surface area (Å²) in [6.45, 7) is 2.02. The van der Waals surface area contributed by atoms with Crippen molar-refractivity contribution in [2.45, 2.75) is 50.1 Å². The van der Waals surface area contributed by atoms with Crippen molar-refractivity contribution < 1.29 is 14.3 Å². The van der Waals surface area contributed by atoms with Crippen LogP contribution in [-0.2, 0) is 26.3 Å². The highest BCUT2D eigenvalue weighted by molar-refractivity contribution is 5.80. The van der Waals surface area contributed by atoms with Gasteiger partial charge in [0, 0.05) is 50.8 Å². The summed E-state index contributed by atoms with van der Waals surface area (Å²) in [7, 11) is 1.54. The second-order valence-electron chi connectivity index (χ2n) is 8.09. The van der Waals surface area contributed by atoms with Gasteiger partial charge in [0.1, 0.15) is 6.61 Å². The number of hydrogen-bond acceptors (Lipinski definition) is 5. The molecule has 148 valence electrons. The van der Waals surface area contributed by atoms with Gasteiger partial charge in [-0.05, 0) is 32.1 Å². The maximum absolute atomic E-state index is 12.9. The van der Waals surface area contributed by atoms with Gasteiger partial charge in [-0.25, -0.2) is 4.98 Å². The molecule has 0 radical (unpaired) electrons. The summed E-state index contributed by atoms with van der Waals surface area (Å²) in [5.74, 6) is 0.283. The summed E-state index contributed by atoms with van der Waals surface area (Å²) in [5, 5.41) is 0. The fourth-order valence-corrected chi connectivity index (χ4v) is 5.15. The number of methoxy groups -OCH3 is 1. The third-order valence-corrected chi connectivity index (χ3v) is 6.55. The number of aromatic nitrogens is 2. The van der Waals surface area contributed by atoms with Gasteiger partial charge < -0.3 is 25.3 Å². The number of nitrogens with zero attached hydrogens (tertiary/aromatic N) is 3. The van der Waals surface area contributed by atoms with Crippen molar-refractivity contribution in [2.24, 2.45) is 11.7 Å². The van der Waals surface area contributed by atoms with E-state index in [1.54, 1.807) is 13.4 Å². The fraction of sp³-hybridized carbons (Fsp3) is 0.737. The Balaban J connectivity index is 1.53. The number of carbonyl (C=O) groups is 2. The SMILES string of the molecule is COCC(=O)N1CCc2[nH]cnc2C12CCN(C(=O)[C@H]1CC[C@@H](N)C1)CC2. The highest BCUT2D eigenvalue weighted by atomic mass is 16.5. The van der Waals surface area contributed by atoms with Crippen LogP contribution in [0.2, 0.25) is 0 Å². The molecule has 1 spiro atoms. The Morgan fingerprint density at radius 3 is 2.78 bits per heavy atom. The molecule has 4 rings (SSSR count). The molecular formula is C19H29N5O3. The molecular weight excluding hydrogens is 346 g/mol. The van der Waals surface area contributed by atoms with E-state index in [4.69, 9.17) is 10.5 Å². The van der Waals surface area contributed by atoms with E-state index in [0.29, 0.717) is 32.5 Å². The predicted molar refractivity (Wildman–Crippen MR) is 98.7 cm³/mol. The minimum absolute atomic E-state index is 0.00677. The number of likely N-dealkylation sites (tertiary alicyclic amines) is 1. The van der Waals surface area contributed by atoms with Crippen LogP contribution in [0.4, 0.5) is 0 Å². The lowest BCUT2D eigenvalue weighted by Gasteiger charge is -2.50. The second kappa shape index (κ2) is 7.24. The minimum Gasteiger partial charge on any atom is -0.375 e. The smallest absolute Gasteiger partial charge is 0.249 e. The largest absolute Gasteiger partial charge is 0.375 e. The fourth-order valence-electron chi connectivity index (χ4n) is 5.15. The molecule has 2 amide bonds. The van der Waals surface area contributed by atoms with Crippen LogP contribution in [0, 0.1) is 5.92 Å². The lowest BCUT2D eigenvalue weighted by atomic mass is 9.78. The van der Waals surface area contributed by atoms with Crippen molar-refractivity contribution >= 4 is 11.8 Å². The summed E-state index contributed by atoms with van der Waals surface area (Å²) in [6.07, 6.45) is 6.54. The molecule has 2 aliphatic heterocycles. The van der Waals surface area contributed by atoms with Crippen LogP contribution < -0.4 is 5.73 Å². The van der Waals surface area contributed by atoms with E-state index in [-0.39, 0.29) is 30.4 Å². The molecule has 1 aromatic heterocycles. The summed E-state index contributed by atoms with van der Waals surface area (Å²) in [5.41, 5.74) is 7.62. The zero-order valence-corrected chi connectivity index (χ0v) is 15.9. The van der Waals surface area contributed by atoms with Crippen LogP contribution >= 0.6 is 0 Å². The van der Waals surface area contributed by atoms with Gasteiger partial charge in [0.25, 0.3) is 0 Å². The third-order valence-electron chi connectivity index (χ3n) is 6.55. The van der Waals surface area contributed by atoms with Crippen LogP contribution in [0.1, 0.15) is 43.5 Å². The number of ether oxygens (including phenoxy) is 1. The second-order valence-corrected chi connectivity index (χ2v) is 8.09. The molecule has 3 N–H and O–H groups in total. The normalized spacial score (nSPS) is 27.0. The Morgan fingerprint density at radius 1 is 1.33 bits per heavy atom. The zero-order valence-electron chi connectivity index (χ0n) is 15.9. The van der Waals surface area contributed by atoms with Crippen molar-refractivity contribution in [3.63, 3.8) is 0 Å². The molecule has 27 heavy (non-hydrogen) atoms. The number of rotatable bonds is 3. The number of amides is 2. The van der Waals surface area contributed by atoms with Gasteiger partial charge >= 0.3 is 0 Å². The lowest BCUT2D eigenvalue weighted by molar-refractivity contribution is -0.148. The standard InChI is InChI=1S/C19H29N5O3/c1-27-11-16(25)24-7-4-15-17(22-12-21-15)19(24)5-8-23(9-6-19)18(26)13-2-3-14(20)10-13/h12-14H,2-11,20H2,1H3,(H,21,22)/t13-,14+/m0/s1. The number of nitrogens with two attached hydrogens (primary N) is 1. The average Bonchev–Trinajstić information content (AvgIpc) is 3.32. The van der Waals surface area contributed by atoms with E-state index in [1.165, 1.54) is 0 Å². The van der Waals surface area contributed by atoms with E-state index < -0.39 is 5.54 Å². The highest BCUT2D eigenvalue weighted by Gasteiger charge is 2.49. The quantitative estimate of drug-likeness (QED) is 0.795. The van der Waals surface area contributed by atoms with Gasteiger partial charge in [-0.15, -0.1) is 0 Å². The van der Waals surface area contributed by atoms with Crippen molar-refractivity contribution in [2.75, 3.05) is 33.4 Å². The van der Waals surface area contributed by atoms with Crippen LogP contribution in [0.15, 0.2) is 6.33 Å². The number of piperidine rings is 1. The Hall–Kier alpha value is -1.93. The van der Waals surface area contributed by atoms with E-state index in [1.807, 2.05) is 9.80 Å². The van der Waals surface area contributed by atoms with E-state index in [9.17, 15) is 9.59 Å². The molecule has 0 unspecified atom stereocenters. The number of carbonyl (C=O) groups excluding carboxylic acids is 2. The molecule has 0 aromatic carbocycles. The number of imidazole rings is 1. The number of aromatic amines is 1. The van der Waals surface area contributed by atoms with E-state index in [2.05, 4.69) is 9.97 Å². The van der Waals surface area contributed by atoms with Crippen LogP contribution in [-0.4, -0.2) is 71.0 Å². The molecule has 0 bridgehead atoms. The molecule has 1 saturated carbocycles. The molecule has 8 nitrogen and oxygen atoms in total. The van der Waals surface area contributed by atoms with Gasteiger partial charge in [0.2, 0.25) is 11.8 Å². The van der Waals surface area contributed by atoms with Gasteiger partial charge in [0.15, 0.2) is 0 Å². The van der Waals surface area contributed by atoms with Gasteiger partial charge in [0.05, 0.1) is 17.6 Å². The summed E-state index contributed by atoms with van der Waals surface area (Å²) < 4.78 is 5.10. The maximum Gasteiger partial charge on any atom is 0.249 e. The van der Waals surface area contributed by atoms with Gasteiger partial charge in [-0.1, -0.05) is 0 Å². The maximum atomic E-state index is 12.9. The first kappa shape index (κ1) is 18.4. The Labute approximate surface area is 159 Å². The first-order chi connectivity index (χ1) is 13.0. The van der Waals surface area contributed by atoms with Crippen molar-refractivity contribution in [1.82, 2.24) is 19.8 Å². The van der Waals surface area contributed by atoms with Crippen LogP contribution in [0.25, 0.3) is 0 Å². The molecule has 1 aliphatic carbocycles. The van der Waals surface area contributed by atoms with Crippen LogP contribution in [0.5, 0.6) is 0 Å². The predicted octanol–water partition coefficient (Wildman–Crippen LogP) is 0.386. The molecule has 3 aliphatic rings. The Kier molecular flexibility index (Phi) is 4.94. The van der Waals surface area contributed by atoms with Crippen molar-refractivity contribution in [1.29, 1.82) is 0 Å². The zero-order chi connectivity index (χ0) is 19.0. The molecule has 2 fully saturated rings.